The Balaban J connectivity index is 2.35. The van der Waals surface area contributed by atoms with Crippen LogP contribution >= 0.6 is 0 Å². The molecule has 2 nitrogen and oxygen atoms in total. The molecule has 1 aromatic carbocycles. The number of aliphatic hydroxyl groups is 1. The monoisotopic (exact) mass is 248 g/mol. The van der Waals surface area contributed by atoms with Gasteiger partial charge in [0.05, 0.1) is 12.7 Å². The zero-order valence-electron chi connectivity index (χ0n) is 11.9. The molecular weight excluding hydrogens is 224 g/mol. The summed E-state index contributed by atoms with van der Waals surface area (Å²) in [5, 5.41) is 11.0. The molecule has 1 fully saturated rings. The minimum atomic E-state index is -0.664. The minimum absolute atomic E-state index is 0.313. The van der Waals surface area contributed by atoms with Gasteiger partial charge in [0.15, 0.2) is 0 Å². The van der Waals surface area contributed by atoms with Crippen molar-refractivity contribution in [1.29, 1.82) is 0 Å². The fraction of sp³-hybridized carbons (Fsp3) is 0.625. The van der Waals surface area contributed by atoms with Gasteiger partial charge in [-0.15, -0.1) is 0 Å². The van der Waals surface area contributed by atoms with Gasteiger partial charge in [0, 0.05) is 0 Å². The summed E-state index contributed by atoms with van der Waals surface area (Å²) in [5.74, 6) is 1.89. The van der Waals surface area contributed by atoms with E-state index in [-0.39, 0.29) is 0 Å². The number of methoxy groups -OCH3 is 1. The van der Waals surface area contributed by atoms with Crippen molar-refractivity contribution >= 4 is 0 Å². The van der Waals surface area contributed by atoms with Crippen molar-refractivity contribution in [2.75, 3.05) is 7.11 Å². The van der Waals surface area contributed by atoms with Crippen LogP contribution in [0.15, 0.2) is 18.2 Å². The summed E-state index contributed by atoms with van der Waals surface area (Å²) in [7, 11) is 1.67. The molecule has 18 heavy (non-hydrogen) atoms. The fourth-order valence-electron chi connectivity index (χ4n) is 3.28. The van der Waals surface area contributed by atoms with Crippen LogP contribution in [0.5, 0.6) is 5.75 Å². The summed E-state index contributed by atoms with van der Waals surface area (Å²) >= 11 is 0. The van der Waals surface area contributed by atoms with E-state index in [1.165, 1.54) is 0 Å². The number of rotatable bonds is 2. The summed E-state index contributed by atoms with van der Waals surface area (Å²) in [5.41, 5.74) is 1.53. The van der Waals surface area contributed by atoms with E-state index in [2.05, 4.69) is 20.8 Å². The average molecular weight is 248 g/mol. The number of aryl methyl sites for hydroxylation is 1. The summed E-state index contributed by atoms with van der Waals surface area (Å²) in [4.78, 5) is 0. The van der Waals surface area contributed by atoms with Crippen LogP contribution in [-0.4, -0.2) is 12.2 Å². The predicted molar refractivity (Wildman–Crippen MR) is 73.8 cm³/mol. The van der Waals surface area contributed by atoms with E-state index in [9.17, 15) is 5.11 Å². The molecule has 0 heterocycles. The molecule has 0 bridgehead atoms. The zero-order chi connectivity index (χ0) is 13.3. The topological polar surface area (TPSA) is 29.5 Å². The van der Waals surface area contributed by atoms with E-state index < -0.39 is 5.60 Å². The highest BCUT2D eigenvalue weighted by atomic mass is 16.5. The highest BCUT2D eigenvalue weighted by Crippen LogP contribution is 2.44. The summed E-state index contributed by atoms with van der Waals surface area (Å²) < 4.78 is 5.23. The van der Waals surface area contributed by atoms with Crippen LogP contribution in [0.1, 0.15) is 44.2 Å². The second-order valence-electron chi connectivity index (χ2n) is 5.89. The molecule has 1 aliphatic rings. The first-order valence-electron chi connectivity index (χ1n) is 6.85. The maximum Gasteiger partial charge on any atom is 0.119 e. The molecule has 2 rings (SSSR count). The van der Waals surface area contributed by atoms with Gasteiger partial charge in [-0.2, -0.15) is 0 Å². The molecule has 2 heteroatoms. The van der Waals surface area contributed by atoms with E-state index in [1.807, 2.05) is 18.2 Å². The molecule has 1 N–H and O–H groups in total. The Hall–Kier alpha value is -1.02. The second-order valence-corrected chi connectivity index (χ2v) is 5.89. The molecule has 0 aliphatic heterocycles. The van der Waals surface area contributed by atoms with Gasteiger partial charge in [-0.05, 0) is 61.3 Å². The van der Waals surface area contributed by atoms with E-state index in [0.29, 0.717) is 5.92 Å². The minimum Gasteiger partial charge on any atom is -0.497 e. The molecule has 3 atom stereocenters. The average Bonchev–Trinajstić information content (AvgIpc) is 2.34. The summed E-state index contributed by atoms with van der Waals surface area (Å²) in [6, 6.07) is 5.99. The van der Waals surface area contributed by atoms with Gasteiger partial charge in [0.25, 0.3) is 0 Å². The molecule has 3 unspecified atom stereocenters. The molecule has 0 saturated heterocycles. The van der Waals surface area contributed by atoms with Gasteiger partial charge in [-0.1, -0.05) is 19.9 Å². The zero-order valence-corrected chi connectivity index (χ0v) is 11.9. The van der Waals surface area contributed by atoms with Crippen molar-refractivity contribution in [2.45, 2.75) is 45.6 Å². The molecule has 0 aromatic heterocycles. The first-order chi connectivity index (χ1) is 8.47. The van der Waals surface area contributed by atoms with Crippen molar-refractivity contribution in [3.05, 3.63) is 29.3 Å². The van der Waals surface area contributed by atoms with Crippen LogP contribution in [0.2, 0.25) is 0 Å². The number of hydrogen-bond donors (Lipinski definition) is 1. The largest absolute Gasteiger partial charge is 0.497 e. The molecule has 100 valence electrons. The first kappa shape index (κ1) is 13.4. The lowest BCUT2D eigenvalue weighted by Gasteiger charge is -2.42. The SMILES string of the molecule is COc1ccc(C2(O)CCC(C)CC2C)c(C)c1. The van der Waals surface area contributed by atoms with Crippen LogP contribution < -0.4 is 4.74 Å². The van der Waals surface area contributed by atoms with Gasteiger partial charge in [-0.3, -0.25) is 0 Å². The Bertz CT molecular complexity index is 427. The third-order valence-corrected chi connectivity index (χ3v) is 4.49. The standard InChI is InChI=1S/C16H24O2/c1-11-7-8-16(17,13(3)9-11)15-6-5-14(18-4)10-12(15)2/h5-6,10-11,13,17H,7-9H2,1-4H3. The lowest BCUT2D eigenvalue weighted by Crippen LogP contribution is -2.39. The Kier molecular flexibility index (Phi) is 3.67. The highest BCUT2D eigenvalue weighted by molar-refractivity contribution is 5.38. The smallest absolute Gasteiger partial charge is 0.119 e. The molecule has 0 spiro atoms. The third-order valence-electron chi connectivity index (χ3n) is 4.49. The van der Waals surface area contributed by atoms with Gasteiger partial charge in [0.2, 0.25) is 0 Å². The number of ether oxygens (including phenoxy) is 1. The Morgan fingerprint density at radius 3 is 2.61 bits per heavy atom. The van der Waals surface area contributed by atoms with Crippen LogP contribution in [0.4, 0.5) is 0 Å². The van der Waals surface area contributed by atoms with Crippen LogP contribution in [0.25, 0.3) is 0 Å². The Morgan fingerprint density at radius 2 is 2.06 bits per heavy atom. The van der Waals surface area contributed by atoms with Crippen molar-refractivity contribution in [1.82, 2.24) is 0 Å². The van der Waals surface area contributed by atoms with Crippen molar-refractivity contribution in [3.8, 4) is 5.75 Å². The number of benzene rings is 1. The van der Waals surface area contributed by atoms with E-state index >= 15 is 0 Å². The third kappa shape index (κ3) is 2.26. The van der Waals surface area contributed by atoms with Gasteiger partial charge in [-0.25, -0.2) is 0 Å². The van der Waals surface area contributed by atoms with Gasteiger partial charge < -0.3 is 9.84 Å². The summed E-state index contributed by atoms with van der Waals surface area (Å²) in [6.45, 7) is 6.50. The highest BCUT2D eigenvalue weighted by Gasteiger charge is 2.40. The van der Waals surface area contributed by atoms with Gasteiger partial charge in [0.1, 0.15) is 5.75 Å². The number of hydrogen-bond acceptors (Lipinski definition) is 2. The normalized spacial score (nSPS) is 32.3. The van der Waals surface area contributed by atoms with Crippen molar-refractivity contribution in [2.24, 2.45) is 11.8 Å². The second kappa shape index (κ2) is 4.93. The molecule has 1 aliphatic carbocycles. The quantitative estimate of drug-likeness (QED) is 0.865. The first-order valence-corrected chi connectivity index (χ1v) is 6.85. The van der Waals surface area contributed by atoms with E-state index in [0.717, 1.165) is 42.1 Å². The van der Waals surface area contributed by atoms with Crippen LogP contribution in [0, 0.1) is 18.8 Å². The van der Waals surface area contributed by atoms with Crippen LogP contribution in [0.3, 0.4) is 0 Å². The molecule has 0 radical (unpaired) electrons. The van der Waals surface area contributed by atoms with Crippen molar-refractivity contribution in [3.63, 3.8) is 0 Å². The fourth-order valence-corrected chi connectivity index (χ4v) is 3.28. The lowest BCUT2D eigenvalue weighted by atomic mass is 9.68. The summed E-state index contributed by atoms with van der Waals surface area (Å²) in [6.07, 6.45) is 3.07. The lowest BCUT2D eigenvalue weighted by molar-refractivity contribution is -0.0592. The molecule has 1 aromatic rings. The van der Waals surface area contributed by atoms with Crippen molar-refractivity contribution < 1.29 is 9.84 Å². The maximum absolute atomic E-state index is 11.0. The van der Waals surface area contributed by atoms with Gasteiger partial charge >= 0.3 is 0 Å². The predicted octanol–water partition coefficient (Wildman–Crippen LogP) is 3.65. The molecule has 0 amide bonds. The Labute approximate surface area is 110 Å². The Morgan fingerprint density at radius 1 is 1.33 bits per heavy atom. The van der Waals surface area contributed by atoms with Crippen LogP contribution in [-0.2, 0) is 5.60 Å². The molecular formula is C16H24O2. The maximum atomic E-state index is 11.0. The van der Waals surface area contributed by atoms with E-state index in [1.54, 1.807) is 7.11 Å². The van der Waals surface area contributed by atoms with E-state index in [4.69, 9.17) is 4.74 Å². The molecule has 1 saturated carbocycles.